The van der Waals surface area contributed by atoms with Gasteiger partial charge in [-0.3, -0.25) is 9.59 Å². The van der Waals surface area contributed by atoms with Gasteiger partial charge >= 0.3 is 0 Å². The number of nitrogens with one attached hydrogen (secondary N) is 1. The fraction of sp³-hybridized carbons (Fsp3) is 0.263. The van der Waals surface area contributed by atoms with E-state index in [0.29, 0.717) is 27.5 Å². The number of nitriles is 1. The molecule has 1 aromatic heterocycles. The SMILES string of the molecule is CC(=O)c1cc(C#N)c(SCC(=O)Nc2ccc(N(C)C)cc2)nc1C. The smallest absolute Gasteiger partial charge is 0.234 e. The number of benzene rings is 1. The number of anilines is 2. The highest BCUT2D eigenvalue weighted by Crippen LogP contribution is 2.23. The minimum atomic E-state index is -0.188. The zero-order valence-electron chi connectivity index (χ0n) is 15.2. The van der Waals surface area contributed by atoms with Crippen molar-refractivity contribution in [1.82, 2.24) is 4.98 Å². The molecule has 0 fully saturated rings. The molecule has 1 N–H and O–H groups in total. The molecule has 0 spiro atoms. The monoisotopic (exact) mass is 368 g/mol. The summed E-state index contributed by atoms with van der Waals surface area (Å²) < 4.78 is 0. The number of aryl methyl sites for hydroxylation is 1. The Hall–Kier alpha value is -2.85. The van der Waals surface area contributed by atoms with E-state index in [-0.39, 0.29) is 17.4 Å². The average molecular weight is 368 g/mol. The summed E-state index contributed by atoms with van der Waals surface area (Å²) in [7, 11) is 3.90. The molecule has 2 rings (SSSR count). The average Bonchev–Trinajstić information content (AvgIpc) is 2.60. The maximum absolute atomic E-state index is 12.2. The number of Topliss-reactive ketones (excluding diaryl/α,β-unsaturated/α-hetero) is 1. The summed E-state index contributed by atoms with van der Waals surface area (Å²) in [5.74, 6) is -0.204. The van der Waals surface area contributed by atoms with Crippen LogP contribution in [0.2, 0.25) is 0 Å². The Labute approximate surface area is 157 Å². The number of carbonyl (C=O) groups excluding carboxylic acids is 2. The fourth-order valence-corrected chi connectivity index (χ4v) is 3.11. The number of pyridine rings is 1. The van der Waals surface area contributed by atoms with Gasteiger partial charge in [0.15, 0.2) is 5.78 Å². The highest BCUT2D eigenvalue weighted by Gasteiger charge is 2.14. The Morgan fingerprint density at radius 1 is 1.27 bits per heavy atom. The Balaban J connectivity index is 2.04. The lowest BCUT2D eigenvalue weighted by Crippen LogP contribution is -2.15. The normalized spacial score (nSPS) is 10.1. The van der Waals surface area contributed by atoms with Crippen molar-refractivity contribution in [1.29, 1.82) is 5.26 Å². The van der Waals surface area contributed by atoms with E-state index in [1.54, 1.807) is 6.92 Å². The van der Waals surface area contributed by atoms with Gasteiger partial charge in [0.25, 0.3) is 0 Å². The van der Waals surface area contributed by atoms with Crippen molar-refractivity contribution in [3.63, 3.8) is 0 Å². The molecule has 0 atom stereocenters. The van der Waals surface area contributed by atoms with Crippen molar-refractivity contribution in [2.24, 2.45) is 0 Å². The molecule has 0 saturated carbocycles. The van der Waals surface area contributed by atoms with Crippen LogP contribution < -0.4 is 10.2 Å². The van der Waals surface area contributed by atoms with Gasteiger partial charge < -0.3 is 10.2 Å². The Morgan fingerprint density at radius 2 is 1.92 bits per heavy atom. The summed E-state index contributed by atoms with van der Waals surface area (Å²) in [5, 5.41) is 12.5. The van der Waals surface area contributed by atoms with Crippen LogP contribution in [0.15, 0.2) is 35.4 Å². The molecule has 0 unspecified atom stereocenters. The number of thioether (sulfide) groups is 1. The second-order valence-electron chi connectivity index (χ2n) is 5.92. The zero-order valence-corrected chi connectivity index (χ0v) is 16.0. The van der Waals surface area contributed by atoms with Crippen LogP contribution in [-0.2, 0) is 4.79 Å². The molecule has 6 nitrogen and oxygen atoms in total. The number of nitrogens with zero attached hydrogens (tertiary/aromatic N) is 3. The minimum Gasteiger partial charge on any atom is -0.378 e. The first-order valence-corrected chi connectivity index (χ1v) is 8.93. The third-order valence-corrected chi connectivity index (χ3v) is 4.68. The molecule has 0 radical (unpaired) electrons. The molecule has 1 heterocycles. The molecular formula is C19H20N4O2S. The number of hydrogen-bond acceptors (Lipinski definition) is 6. The summed E-state index contributed by atoms with van der Waals surface area (Å²) in [6, 6.07) is 11.1. The molecule has 0 aliphatic heterocycles. The number of carbonyl (C=O) groups is 2. The van der Waals surface area contributed by atoms with Gasteiger partial charge in [-0.05, 0) is 44.2 Å². The van der Waals surface area contributed by atoms with Crippen molar-refractivity contribution in [2.75, 3.05) is 30.1 Å². The van der Waals surface area contributed by atoms with Crippen molar-refractivity contribution in [3.05, 3.63) is 47.2 Å². The first-order valence-electron chi connectivity index (χ1n) is 7.94. The quantitative estimate of drug-likeness (QED) is 0.622. The zero-order chi connectivity index (χ0) is 19.3. The van der Waals surface area contributed by atoms with E-state index in [1.165, 1.54) is 24.8 Å². The second kappa shape index (κ2) is 8.50. The van der Waals surface area contributed by atoms with E-state index in [4.69, 9.17) is 0 Å². The standard InChI is InChI=1S/C19H20N4O2S/c1-12-17(13(2)24)9-14(10-20)19(21-12)26-11-18(25)22-15-5-7-16(8-6-15)23(3)4/h5-9H,11H2,1-4H3,(H,22,25). The number of ketones is 1. The van der Waals surface area contributed by atoms with Gasteiger partial charge in [-0.2, -0.15) is 5.26 Å². The van der Waals surface area contributed by atoms with Gasteiger partial charge in [0, 0.05) is 36.7 Å². The largest absolute Gasteiger partial charge is 0.378 e. The lowest BCUT2D eigenvalue weighted by molar-refractivity contribution is -0.113. The lowest BCUT2D eigenvalue weighted by Gasteiger charge is -2.13. The van der Waals surface area contributed by atoms with Gasteiger partial charge in [-0.15, -0.1) is 0 Å². The highest BCUT2D eigenvalue weighted by atomic mass is 32.2. The van der Waals surface area contributed by atoms with Crippen LogP contribution >= 0.6 is 11.8 Å². The predicted molar refractivity (Wildman–Crippen MR) is 104 cm³/mol. The summed E-state index contributed by atoms with van der Waals surface area (Å²) in [6.45, 7) is 3.15. The molecule has 1 amide bonds. The molecule has 0 saturated heterocycles. The third-order valence-electron chi connectivity index (χ3n) is 3.69. The number of rotatable bonds is 6. The molecule has 0 bridgehead atoms. The van der Waals surface area contributed by atoms with Crippen LogP contribution in [0, 0.1) is 18.3 Å². The topological polar surface area (TPSA) is 86.1 Å². The summed E-state index contributed by atoms with van der Waals surface area (Å²) in [6.07, 6.45) is 0. The van der Waals surface area contributed by atoms with Crippen molar-refractivity contribution < 1.29 is 9.59 Å². The summed E-state index contributed by atoms with van der Waals surface area (Å²) in [4.78, 5) is 30.0. The van der Waals surface area contributed by atoms with Gasteiger partial charge in [0.05, 0.1) is 11.3 Å². The van der Waals surface area contributed by atoms with Crippen LogP contribution in [0.5, 0.6) is 0 Å². The van der Waals surface area contributed by atoms with Gasteiger partial charge in [-0.1, -0.05) is 11.8 Å². The number of hydrogen-bond donors (Lipinski definition) is 1. The maximum Gasteiger partial charge on any atom is 0.234 e. The van der Waals surface area contributed by atoms with Crippen molar-refractivity contribution in [2.45, 2.75) is 18.9 Å². The molecule has 26 heavy (non-hydrogen) atoms. The Bertz CT molecular complexity index is 870. The summed E-state index contributed by atoms with van der Waals surface area (Å²) >= 11 is 1.18. The van der Waals surface area contributed by atoms with Crippen molar-refractivity contribution >= 4 is 34.8 Å². The first-order chi connectivity index (χ1) is 12.3. The number of aromatic nitrogens is 1. The summed E-state index contributed by atoms with van der Waals surface area (Å²) in [5.41, 5.74) is 3.03. The van der Waals surface area contributed by atoms with Gasteiger partial charge in [0.1, 0.15) is 11.1 Å². The van der Waals surface area contributed by atoms with E-state index < -0.39 is 0 Å². The first kappa shape index (κ1) is 19.5. The third kappa shape index (κ3) is 4.83. The molecule has 134 valence electrons. The second-order valence-corrected chi connectivity index (χ2v) is 6.88. The molecular weight excluding hydrogens is 348 g/mol. The molecule has 1 aromatic carbocycles. The van der Waals surface area contributed by atoms with Gasteiger partial charge in [0.2, 0.25) is 5.91 Å². The Morgan fingerprint density at radius 3 is 2.46 bits per heavy atom. The van der Waals surface area contributed by atoms with E-state index in [2.05, 4.69) is 10.3 Å². The predicted octanol–water partition coefficient (Wildman–Crippen LogP) is 3.26. The van der Waals surface area contributed by atoms with Gasteiger partial charge in [-0.25, -0.2) is 4.98 Å². The Kier molecular flexibility index (Phi) is 6.36. The van der Waals surface area contributed by atoms with Crippen LogP contribution in [0.1, 0.15) is 28.5 Å². The van der Waals surface area contributed by atoms with E-state index in [1.807, 2.05) is 49.3 Å². The minimum absolute atomic E-state index is 0.121. The van der Waals surface area contributed by atoms with E-state index >= 15 is 0 Å². The lowest BCUT2D eigenvalue weighted by atomic mass is 10.1. The van der Waals surface area contributed by atoms with Crippen LogP contribution in [0.4, 0.5) is 11.4 Å². The highest BCUT2D eigenvalue weighted by molar-refractivity contribution is 8.00. The van der Waals surface area contributed by atoms with Crippen LogP contribution in [0.3, 0.4) is 0 Å². The maximum atomic E-state index is 12.2. The van der Waals surface area contributed by atoms with E-state index in [9.17, 15) is 14.9 Å². The fourth-order valence-electron chi connectivity index (χ4n) is 2.30. The molecule has 0 aliphatic rings. The molecule has 2 aromatic rings. The van der Waals surface area contributed by atoms with Crippen molar-refractivity contribution in [3.8, 4) is 6.07 Å². The van der Waals surface area contributed by atoms with E-state index in [0.717, 1.165) is 5.69 Å². The molecule has 7 heteroatoms. The molecule has 0 aliphatic carbocycles. The van der Waals surface area contributed by atoms with Crippen LogP contribution in [0.25, 0.3) is 0 Å². The van der Waals surface area contributed by atoms with Crippen LogP contribution in [-0.4, -0.2) is 36.5 Å². The number of amides is 1.